The van der Waals surface area contributed by atoms with Crippen LogP contribution in [0.3, 0.4) is 0 Å². The average molecular weight is 1070 g/mol. The van der Waals surface area contributed by atoms with Crippen LogP contribution in [0.4, 0.5) is 0 Å². The molecule has 0 fully saturated rings. The van der Waals surface area contributed by atoms with Crippen molar-refractivity contribution >= 4 is 64.6 Å². The molecule has 0 aliphatic rings. The summed E-state index contributed by atoms with van der Waals surface area (Å²) in [6.45, 7) is 0. The molecule has 0 saturated carbocycles. The van der Waals surface area contributed by atoms with Gasteiger partial charge >= 0.3 is 0 Å². The van der Waals surface area contributed by atoms with E-state index in [-0.39, 0.29) is 0 Å². The molecule has 2 aromatic heterocycles. The highest BCUT2D eigenvalue weighted by molar-refractivity contribution is 5.99. The van der Waals surface area contributed by atoms with Crippen molar-refractivity contribution in [3.63, 3.8) is 0 Å². The molecule has 0 aliphatic carbocycles. The van der Waals surface area contributed by atoms with Gasteiger partial charge in [-0.2, -0.15) is 0 Å². The Bertz CT molecular complexity index is 4940. The monoisotopic (exact) mass is 1070 g/mol. The Labute approximate surface area is 485 Å². The quantitative estimate of drug-likeness (QED) is 0.151. The van der Waals surface area contributed by atoms with Crippen LogP contribution in [0.2, 0.25) is 0 Å². The summed E-state index contributed by atoms with van der Waals surface area (Å²) in [6, 6.07) is 106. The lowest BCUT2D eigenvalue weighted by molar-refractivity contribution is 1.08. The molecule has 16 rings (SSSR count). The predicted octanol–water partition coefficient (Wildman–Crippen LogP) is 20.0. The lowest BCUT2D eigenvalue weighted by atomic mass is 9.97. The molecule has 0 amide bonds. The molecule has 0 radical (unpaired) electrons. The molecule has 14 aromatic carbocycles. The van der Waals surface area contributed by atoms with Gasteiger partial charge in [-0.25, -0.2) is 29.9 Å². The zero-order valence-corrected chi connectivity index (χ0v) is 45.6. The van der Waals surface area contributed by atoms with Crippen LogP contribution in [0.5, 0.6) is 0 Å². The van der Waals surface area contributed by atoms with Crippen LogP contribution >= 0.6 is 0 Å². The van der Waals surface area contributed by atoms with Gasteiger partial charge in [0.1, 0.15) is 0 Å². The molecule has 6 nitrogen and oxygen atoms in total. The second-order valence-corrected chi connectivity index (χ2v) is 21.0. The third kappa shape index (κ3) is 9.74. The third-order valence-corrected chi connectivity index (χ3v) is 15.8. The van der Waals surface area contributed by atoms with Crippen molar-refractivity contribution < 1.29 is 0 Å². The Morgan fingerprint density at radius 3 is 0.833 bits per heavy atom. The molecule has 2 heterocycles. The molecule has 16 aromatic rings. The van der Waals surface area contributed by atoms with E-state index in [1.54, 1.807) is 0 Å². The van der Waals surface area contributed by atoms with Crippen LogP contribution in [-0.4, -0.2) is 29.9 Å². The maximum Gasteiger partial charge on any atom is 0.164 e. The fourth-order valence-electron chi connectivity index (χ4n) is 11.5. The van der Waals surface area contributed by atoms with Crippen molar-refractivity contribution in [2.75, 3.05) is 0 Å². The minimum Gasteiger partial charge on any atom is -0.208 e. The van der Waals surface area contributed by atoms with Gasteiger partial charge in [-0.3, -0.25) is 0 Å². The number of nitrogens with zero attached hydrogens (tertiary/aromatic N) is 6. The van der Waals surface area contributed by atoms with Gasteiger partial charge in [-0.05, 0) is 105 Å². The second kappa shape index (κ2) is 21.6. The van der Waals surface area contributed by atoms with Crippen molar-refractivity contribution in [2.24, 2.45) is 0 Å². The smallest absolute Gasteiger partial charge is 0.164 e. The van der Waals surface area contributed by atoms with Crippen molar-refractivity contribution in [1.29, 1.82) is 0 Å². The second-order valence-electron chi connectivity index (χ2n) is 21.0. The highest BCUT2D eigenvalue weighted by atomic mass is 15.0. The summed E-state index contributed by atoms with van der Waals surface area (Å²) in [4.78, 5) is 30.2. The van der Waals surface area contributed by atoms with E-state index in [1.807, 2.05) is 0 Å². The van der Waals surface area contributed by atoms with E-state index in [0.717, 1.165) is 76.8 Å². The van der Waals surface area contributed by atoms with Gasteiger partial charge in [0, 0.05) is 33.4 Å². The van der Waals surface area contributed by atoms with E-state index in [9.17, 15) is 0 Å². The van der Waals surface area contributed by atoms with Crippen molar-refractivity contribution in [2.45, 2.75) is 0 Å². The van der Waals surface area contributed by atoms with E-state index in [0.29, 0.717) is 34.9 Å². The Hall–Kier alpha value is -11.3. The Balaban J connectivity index is 0.000000143. The topological polar surface area (TPSA) is 77.3 Å². The maximum absolute atomic E-state index is 5.08. The van der Waals surface area contributed by atoms with Crippen LogP contribution in [0, 0.1) is 0 Å². The Kier molecular flexibility index (Phi) is 12.8. The summed E-state index contributed by atoms with van der Waals surface area (Å²) in [5.41, 5.74) is 10.5. The first-order chi connectivity index (χ1) is 41.6. The first-order valence-electron chi connectivity index (χ1n) is 28.2. The van der Waals surface area contributed by atoms with Crippen molar-refractivity contribution in [3.8, 4) is 90.6 Å². The minimum atomic E-state index is 0.653. The number of fused-ring (bicyclic) bond motifs is 6. The van der Waals surface area contributed by atoms with Gasteiger partial charge < -0.3 is 0 Å². The Morgan fingerprint density at radius 2 is 0.405 bits per heavy atom. The molecular formula is C78H50N6. The molecule has 0 spiro atoms. The summed E-state index contributed by atoms with van der Waals surface area (Å²) < 4.78 is 0. The van der Waals surface area contributed by atoms with Crippen LogP contribution in [0.1, 0.15) is 0 Å². The minimum absolute atomic E-state index is 0.653. The molecule has 84 heavy (non-hydrogen) atoms. The molecular weight excluding hydrogens is 1020 g/mol. The average Bonchev–Trinajstić information content (AvgIpc) is 2.69. The van der Waals surface area contributed by atoms with Gasteiger partial charge in [0.05, 0.1) is 0 Å². The molecule has 0 atom stereocenters. The summed E-state index contributed by atoms with van der Waals surface area (Å²) in [6.07, 6.45) is 0. The SMILES string of the molecule is c1ccc2c(-c3ccc(-c4nc(-c5cccc6ccccc56)nc(-c5cccc6ccccc56)n4)cc3)cccc2c1.c1ccc2cc(-c3ccc(-c4nc(-c5ccc6ccccc6c5)nc(-c5ccc6ccccc6c5)n4)cc3)ccc2c1. The van der Waals surface area contributed by atoms with Crippen molar-refractivity contribution in [3.05, 3.63) is 303 Å². The van der Waals surface area contributed by atoms with Gasteiger partial charge in [-0.15, -0.1) is 0 Å². The van der Waals surface area contributed by atoms with Gasteiger partial charge in [0.15, 0.2) is 34.9 Å². The summed E-state index contributed by atoms with van der Waals surface area (Å²) in [7, 11) is 0. The Morgan fingerprint density at radius 1 is 0.143 bits per heavy atom. The summed E-state index contributed by atoms with van der Waals surface area (Å²) >= 11 is 0. The van der Waals surface area contributed by atoms with E-state index in [4.69, 9.17) is 29.9 Å². The lowest BCUT2D eigenvalue weighted by Crippen LogP contribution is -2.01. The zero-order chi connectivity index (χ0) is 55.8. The van der Waals surface area contributed by atoms with Crippen LogP contribution in [0.15, 0.2) is 303 Å². The first kappa shape index (κ1) is 49.7. The van der Waals surface area contributed by atoms with Crippen LogP contribution < -0.4 is 0 Å². The third-order valence-electron chi connectivity index (χ3n) is 15.8. The van der Waals surface area contributed by atoms with Crippen molar-refractivity contribution in [1.82, 2.24) is 29.9 Å². The molecule has 0 aliphatic heterocycles. The number of aromatic nitrogens is 6. The van der Waals surface area contributed by atoms with Gasteiger partial charge in [-0.1, -0.05) is 285 Å². The van der Waals surface area contributed by atoms with Gasteiger partial charge in [0.25, 0.3) is 0 Å². The van der Waals surface area contributed by atoms with E-state index in [2.05, 4.69) is 303 Å². The molecule has 0 N–H and O–H groups in total. The number of hydrogen-bond donors (Lipinski definition) is 0. The normalized spacial score (nSPS) is 11.3. The maximum atomic E-state index is 5.08. The lowest BCUT2D eigenvalue weighted by Gasteiger charge is -2.12. The fraction of sp³-hybridized carbons (Fsp3) is 0. The van der Waals surface area contributed by atoms with Crippen LogP contribution in [0.25, 0.3) is 155 Å². The van der Waals surface area contributed by atoms with E-state index >= 15 is 0 Å². The molecule has 0 saturated heterocycles. The number of hydrogen-bond acceptors (Lipinski definition) is 6. The first-order valence-corrected chi connectivity index (χ1v) is 28.2. The molecule has 0 unspecified atom stereocenters. The van der Waals surface area contributed by atoms with Crippen LogP contribution in [-0.2, 0) is 0 Å². The number of rotatable bonds is 8. The van der Waals surface area contributed by atoms with E-state index < -0.39 is 0 Å². The molecule has 6 heteroatoms. The zero-order valence-electron chi connectivity index (χ0n) is 45.6. The molecule has 392 valence electrons. The highest BCUT2D eigenvalue weighted by Crippen LogP contribution is 2.36. The summed E-state index contributed by atoms with van der Waals surface area (Å²) in [5, 5.41) is 14.2. The fourth-order valence-corrected chi connectivity index (χ4v) is 11.5. The number of benzene rings is 14. The van der Waals surface area contributed by atoms with E-state index in [1.165, 1.54) is 43.4 Å². The summed E-state index contributed by atoms with van der Waals surface area (Å²) in [5.74, 6) is 3.96. The predicted molar refractivity (Wildman–Crippen MR) is 348 cm³/mol. The standard InChI is InChI=1S/2C39H25N3/c1-4-16-31-26(10-1)13-7-19-32(31)29-22-24-30(25-23-29)37-40-38(35-20-8-14-27-11-2-5-17-33(27)35)42-39(41-37)36-21-9-15-28-12-3-6-18-34(28)36;1-4-10-31-23-34(20-15-26(31)7-1)29-13-18-30(19-14-29)37-40-38(35-21-16-27-8-2-5-11-32(27)24-35)42-39(41-37)36-22-17-28-9-3-6-12-33(28)25-36/h2*1-25H. The molecule has 0 bridgehead atoms. The highest BCUT2D eigenvalue weighted by Gasteiger charge is 2.18. The van der Waals surface area contributed by atoms with Gasteiger partial charge in [0.2, 0.25) is 0 Å². The largest absolute Gasteiger partial charge is 0.208 e.